The topological polar surface area (TPSA) is 141 Å². The van der Waals surface area contributed by atoms with Gasteiger partial charge in [-0.1, -0.05) is 24.3 Å². The van der Waals surface area contributed by atoms with Crippen molar-refractivity contribution in [3.8, 4) is 11.5 Å². The number of hydrogen-bond donors (Lipinski definition) is 0. The lowest BCUT2D eigenvalue weighted by molar-refractivity contribution is -0.757. The summed E-state index contributed by atoms with van der Waals surface area (Å²) in [6.45, 7) is 0.473. The Bertz CT molecular complexity index is 926. The summed E-state index contributed by atoms with van der Waals surface area (Å²) in [6, 6.07) is 12.3. The van der Waals surface area contributed by atoms with Gasteiger partial charge >= 0.3 is 18.1 Å². The van der Waals surface area contributed by atoms with E-state index in [1.165, 1.54) is 31.2 Å². The van der Waals surface area contributed by atoms with E-state index in [4.69, 9.17) is 18.9 Å². The van der Waals surface area contributed by atoms with Crippen molar-refractivity contribution in [2.24, 2.45) is 0 Å². The summed E-state index contributed by atoms with van der Waals surface area (Å²) in [6.07, 6.45) is -0.0911. The quantitative estimate of drug-likeness (QED) is 0.104. The molecule has 2 aromatic carbocycles. The van der Waals surface area contributed by atoms with Crippen molar-refractivity contribution < 1.29 is 43.3 Å². The highest BCUT2D eigenvalue weighted by Crippen LogP contribution is 2.19. The number of carbonyl (C=O) groups excluding carboxylic acids is 3. The predicted molar refractivity (Wildman–Crippen MR) is 103 cm³/mol. The van der Waals surface area contributed by atoms with Crippen LogP contribution in [-0.2, 0) is 25.5 Å². The molecule has 0 bridgehead atoms. The van der Waals surface area contributed by atoms with Crippen LogP contribution in [0.15, 0.2) is 48.5 Å². The summed E-state index contributed by atoms with van der Waals surface area (Å²) in [5.41, 5.74) is 0.863. The highest BCUT2D eigenvalue weighted by Gasteiger charge is 2.16. The minimum atomic E-state index is -1.09. The van der Waals surface area contributed by atoms with Crippen LogP contribution in [0.5, 0.6) is 11.5 Å². The van der Waals surface area contributed by atoms with Gasteiger partial charge in [-0.15, -0.1) is 10.1 Å². The Labute approximate surface area is 176 Å². The largest absolute Gasteiger partial charge is 0.516 e. The molecule has 0 heterocycles. The molecule has 2 aromatic rings. The van der Waals surface area contributed by atoms with Crippen LogP contribution in [-0.4, -0.2) is 36.6 Å². The molecule has 0 saturated carbocycles. The first-order valence-electron chi connectivity index (χ1n) is 9.00. The van der Waals surface area contributed by atoms with Crippen molar-refractivity contribution >= 4 is 18.1 Å². The van der Waals surface area contributed by atoms with Gasteiger partial charge in [0.2, 0.25) is 6.79 Å². The van der Waals surface area contributed by atoms with Crippen molar-refractivity contribution in [3.63, 3.8) is 0 Å². The van der Waals surface area contributed by atoms with Gasteiger partial charge in [-0.2, -0.15) is 0 Å². The van der Waals surface area contributed by atoms with Crippen LogP contribution in [0.4, 0.5) is 4.79 Å². The molecule has 31 heavy (non-hydrogen) atoms. The smallest absolute Gasteiger partial charge is 0.426 e. The second kappa shape index (κ2) is 11.8. The van der Waals surface area contributed by atoms with Gasteiger partial charge in [0.05, 0.1) is 6.61 Å². The minimum absolute atomic E-state index is 0.00568. The van der Waals surface area contributed by atoms with Crippen molar-refractivity contribution in [1.29, 1.82) is 0 Å². The second-order valence-electron chi connectivity index (χ2n) is 5.94. The average Bonchev–Trinajstić information content (AvgIpc) is 2.72. The molecule has 11 nitrogen and oxygen atoms in total. The molecule has 0 amide bonds. The first-order valence-corrected chi connectivity index (χ1v) is 9.00. The Morgan fingerprint density at radius 3 is 2.35 bits per heavy atom. The predicted octanol–water partition coefficient (Wildman–Crippen LogP) is 3.08. The van der Waals surface area contributed by atoms with Crippen molar-refractivity contribution in [3.05, 3.63) is 69.8 Å². The summed E-state index contributed by atoms with van der Waals surface area (Å²) in [4.78, 5) is 49.2. The third kappa shape index (κ3) is 8.40. The standard InChI is InChI=1S/C20H19NO10/c1-14(22)30-18-7-3-2-6-17(18)19(23)27-13-28-20(24)31-16-10-8-15(9-11-16)5-4-12-29-21(25)26/h2-3,6-11H,4-5,12-13H2,1H3. The Hall–Kier alpha value is -4.15. The first kappa shape index (κ1) is 23.1. The van der Waals surface area contributed by atoms with Gasteiger partial charge in [0.15, 0.2) is 0 Å². The fourth-order valence-electron chi connectivity index (χ4n) is 2.35. The number of hydrogen-bond acceptors (Lipinski definition) is 10. The zero-order valence-corrected chi connectivity index (χ0v) is 16.5. The number of carbonyl (C=O) groups is 3. The van der Waals surface area contributed by atoms with E-state index in [2.05, 4.69) is 4.84 Å². The molecule has 0 unspecified atom stereocenters. The van der Waals surface area contributed by atoms with Crippen LogP contribution in [0.25, 0.3) is 0 Å². The van der Waals surface area contributed by atoms with Crippen molar-refractivity contribution in [2.75, 3.05) is 13.4 Å². The first-order chi connectivity index (χ1) is 14.8. The number of rotatable bonds is 10. The minimum Gasteiger partial charge on any atom is -0.426 e. The van der Waals surface area contributed by atoms with Crippen LogP contribution in [0, 0.1) is 10.1 Å². The van der Waals surface area contributed by atoms with Crippen molar-refractivity contribution in [1.82, 2.24) is 0 Å². The Morgan fingerprint density at radius 1 is 0.968 bits per heavy atom. The lowest BCUT2D eigenvalue weighted by Gasteiger charge is -2.09. The Kier molecular flexibility index (Phi) is 8.77. The number of nitrogens with zero attached hydrogens (tertiary/aromatic N) is 1. The zero-order chi connectivity index (χ0) is 22.6. The summed E-state index contributed by atoms with van der Waals surface area (Å²) in [5, 5.41) is 9.22. The third-order valence-electron chi connectivity index (χ3n) is 3.66. The summed E-state index contributed by atoms with van der Waals surface area (Å²) >= 11 is 0. The van der Waals surface area contributed by atoms with Gasteiger partial charge in [0, 0.05) is 6.92 Å². The maximum Gasteiger partial charge on any atom is 0.516 e. The number of benzene rings is 2. The molecule has 11 heteroatoms. The fourth-order valence-corrected chi connectivity index (χ4v) is 2.35. The molecule has 0 radical (unpaired) electrons. The van der Waals surface area contributed by atoms with E-state index in [9.17, 15) is 24.5 Å². The van der Waals surface area contributed by atoms with Gasteiger partial charge in [-0.05, 0) is 42.7 Å². The highest BCUT2D eigenvalue weighted by molar-refractivity contribution is 5.93. The maximum absolute atomic E-state index is 12.1. The summed E-state index contributed by atoms with van der Waals surface area (Å²) in [5.74, 6) is -1.24. The Balaban J connectivity index is 1.75. The number of aryl methyl sites for hydroxylation is 1. The molecule has 0 aromatic heterocycles. The molecule has 0 fully saturated rings. The van der Waals surface area contributed by atoms with E-state index < -0.39 is 30.0 Å². The van der Waals surface area contributed by atoms with Crippen LogP contribution in [0.2, 0.25) is 0 Å². The summed E-state index contributed by atoms with van der Waals surface area (Å²) < 4.78 is 19.4. The number of ether oxygens (including phenoxy) is 4. The van der Waals surface area contributed by atoms with Gasteiger partial charge in [0.25, 0.3) is 5.09 Å². The van der Waals surface area contributed by atoms with Gasteiger partial charge in [-0.3, -0.25) is 4.79 Å². The molecule has 0 N–H and O–H groups in total. The van der Waals surface area contributed by atoms with Gasteiger partial charge < -0.3 is 23.8 Å². The third-order valence-corrected chi connectivity index (χ3v) is 3.66. The lowest BCUT2D eigenvalue weighted by Crippen LogP contribution is -2.16. The van der Waals surface area contributed by atoms with Crippen molar-refractivity contribution in [2.45, 2.75) is 19.8 Å². The van der Waals surface area contributed by atoms with Crippen LogP contribution < -0.4 is 9.47 Å². The van der Waals surface area contributed by atoms with Crippen LogP contribution in [0.1, 0.15) is 29.3 Å². The average molecular weight is 433 g/mol. The fraction of sp³-hybridized carbons (Fsp3) is 0.250. The molecule has 0 aliphatic carbocycles. The van der Waals surface area contributed by atoms with Gasteiger partial charge in [0.1, 0.15) is 17.1 Å². The van der Waals surface area contributed by atoms with E-state index in [0.29, 0.717) is 12.8 Å². The normalized spacial score (nSPS) is 9.97. The molecule has 0 aliphatic heterocycles. The van der Waals surface area contributed by atoms with E-state index >= 15 is 0 Å². The maximum atomic E-state index is 12.1. The molecule has 0 atom stereocenters. The lowest BCUT2D eigenvalue weighted by atomic mass is 10.1. The molecule has 164 valence electrons. The van der Waals surface area contributed by atoms with E-state index in [-0.39, 0.29) is 23.7 Å². The molecular weight excluding hydrogens is 414 g/mol. The molecule has 0 saturated heterocycles. The Morgan fingerprint density at radius 2 is 1.68 bits per heavy atom. The highest BCUT2D eigenvalue weighted by atomic mass is 16.9. The van der Waals surface area contributed by atoms with E-state index in [1.54, 1.807) is 24.3 Å². The molecular formula is C20H19NO10. The number of para-hydroxylation sites is 1. The molecule has 0 spiro atoms. The number of esters is 2. The molecule has 2 rings (SSSR count). The zero-order valence-electron chi connectivity index (χ0n) is 16.5. The van der Waals surface area contributed by atoms with Crippen LogP contribution >= 0.6 is 0 Å². The second-order valence-corrected chi connectivity index (χ2v) is 5.94. The van der Waals surface area contributed by atoms with E-state index in [0.717, 1.165) is 5.56 Å². The molecule has 0 aliphatic rings. The summed E-state index contributed by atoms with van der Waals surface area (Å²) in [7, 11) is 0. The SMILES string of the molecule is CC(=O)Oc1ccccc1C(=O)OCOC(=O)Oc1ccc(CCCO[N+](=O)[O-])cc1. The van der Waals surface area contributed by atoms with Crippen LogP contribution in [0.3, 0.4) is 0 Å². The monoisotopic (exact) mass is 433 g/mol. The van der Waals surface area contributed by atoms with E-state index in [1.807, 2.05) is 0 Å². The van der Waals surface area contributed by atoms with Gasteiger partial charge in [-0.25, -0.2) is 9.59 Å².